The molecule has 0 unspecified atom stereocenters. The van der Waals surface area contributed by atoms with E-state index in [0.717, 1.165) is 36.5 Å². The van der Waals surface area contributed by atoms with Gasteiger partial charge in [0.05, 0.1) is 17.2 Å². The molecule has 6 heteroatoms. The molecular formula is C20H22Cl2N2O2. The first-order valence-corrected chi connectivity index (χ1v) is 9.34. The normalized spacial score (nSPS) is 15.2. The number of carbonyl (C=O) groups is 1. The van der Waals surface area contributed by atoms with Gasteiger partial charge in [-0.2, -0.15) is 0 Å². The van der Waals surface area contributed by atoms with E-state index in [-0.39, 0.29) is 5.91 Å². The second-order valence-electron chi connectivity index (χ2n) is 6.45. The Morgan fingerprint density at radius 2 is 1.81 bits per heavy atom. The van der Waals surface area contributed by atoms with Crippen LogP contribution < -0.4 is 4.74 Å². The second kappa shape index (κ2) is 8.30. The Morgan fingerprint density at radius 1 is 1.08 bits per heavy atom. The topological polar surface area (TPSA) is 32.8 Å². The lowest BCUT2D eigenvalue weighted by atomic mass is 10.1. The van der Waals surface area contributed by atoms with Gasteiger partial charge in [-0.25, -0.2) is 0 Å². The molecule has 4 nitrogen and oxygen atoms in total. The van der Waals surface area contributed by atoms with Gasteiger partial charge in [0.2, 0.25) is 0 Å². The van der Waals surface area contributed by atoms with Crippen molar-refractivity contribution in [2.24, 2.45) is 0 Å². The Hall–Kier alpha value is -1.75. The van der Waals surface area contributed by atoms with Gasteiger partial charge in [0.25, 0.3) is 5.91 Å². The number of ether oxygens (including phenoxy) is 1. The van der Waals surface area contributed by atoms with Gasteiger partial charge in [-0.15, -0.1) is 0 Å². The first kappa shape index (κ1) is 19.0. The van der Waals surface area contributed by atoms with Gasteiger partial charge in [0.15, 0.2) is 0 Å². The number of halogens is 2. The summed E-state index contributed by atoms with van der Waals surface area (Å²) < 4.78 is 5.33. The fourth-order valence-corrected chi connectivity index (χ4v) is 3.56. The SMILES string of the molecule is COc1cccc(C(=O)N2CCN(Cc3ccc(Cl)c(Cl)c3)CC2)c1C. The van der Waals surface area contributed by atoms with Crippen LogP contribution >= 0.6 is 23.2 Å². The molecule has 0 aliphatic carbocycles. The molecule has 0 N–H and O–H groups in total. The Morgan fingerprint density at radius 3 is 2.46 bits per heavy atom. The Balaban J connectivity index is 1.61. The summed E-state index contributed by atoms with van der Waals surface area (Å²) in [5, 5.41) is 1.14. The van der Waals surface area contributed by atoms with E-state index in [4.69, 9.17) is 27.9 Å². The van der Waals surface area contributed by atoms with Gasteiger partial charge in [0.1, 0.15) is 5.75 Å². The molecule has 0 saturated carbocycles. The summed E-state index contributed by atoms with van der Waals surface area (Å²) in [5.41, 5.74) is 2.73. The average molecular weight is 393 g/mol. The highest BCUT2D eigenvalue weighted by atomic mass is 35.5. The zero-order valence-corrected chi connectivity index (χ0v) is 16.5. The van der Waals surface area contributed by atoms with Crippen LogP contribution in [0.15, 0.2) is 36.4 Å². The van der Waals surface area contributed by atoms with Gasteiger partial charge < -0.3 is 9.64 Å². The minimum atomic E-state index is 0.0654. The lowest BCUT2D eigenvalue weighted by Crippen LogP contribution is -2.48. The lowest BCUT2D eigenvalue weighted by Gasteiger charge is -2.35. The third-order valence-electron chi connectivity index (χ3n) is 4.78. The van der Waals surface area contributed by atoms with E-state index in [9.17, 15) is 4.79 Å². The lowest BCUT2D eigenvalue weighted by molar-refractivity contribution is 0.0627. The zero-order valence-electron chi connectivity index (χ0n) is 15.0. The largest absolute Gasteiger partial charge is 0.496 e. The number of nitrogens with zero attached hydrogens (tertiary/aromatic N) is 2. The molecule has 3 rings (SSSR count). The summed E-state index contributed by atoms with van der Waals surface area (Å²) in [4.78, 5) is 17.1. The first-order valence-electron chi connectivity index (χ1n) is 8.58. The van der Waals surface area contributed by atoms with Crippen molar-refractivity contribution in [2.75, 3.05) is 33.3 Å². The van der Waals surface area contributed by atoms with Crippen LogP contribution in [0.25, 0.3) is 0 Å². The van der Waals surface area contributed by atoms with Crippen LogP contribution in [0.2, 0.25) is 10.0 Å². The Kier molecular flexibility index (Phi) is 6.07. The third kappa shape index (κ3) is 4.14. The van der Waals surface area contributed by atoms with Crippen LogP contribution in [0, 0.1) is 6.92 Å². The van der Waals surface area contributed by atoms with E-state index >= 15 is 0 Å². The van der Waals surface area contributed by atoms with Crippen LogP contribution in [0.3, 0.4) is 0 Å². The van der Waals surface area contributed by atoms with Gasteiger partial charge in [-0.1, -0.05) is 35.3 Å². The van der Waals surface area contributed by atoms with Crippen LogP contribution in [-0.4, -0.2) is 49.0 Å². The number of methoxy groups -OCH3 is 1. The van der Waals surface area contributed by atoms with Crippen molar-refractivity contribution in [3.05, 3.63) is 63.1 Å². The van der Waals surface area contributed by atoms with Crippen molar-refractivity contribution in [1.29, 1.82) is 0 Å². The van der Waals surface area contributed by atoms with Crippen LogP contribution in [0.4, 0.5) is 0 Å². The van der Waals surface area contributed by atoms with Crippen molar-refractivity contribution in [2.45, 2.75) is 13.5 Å². The molecule has 0 aromatic heterocycles. The van der Waals surface area contributed by atoms with E-state index in [0.29, 0.717) is 28.7 Å². The highest BCUT2D eigenvalue weighted by molar-refractivity contribution is 6.42. The van der Waals surface area contributed by atoms with Crippen LogP contribution in [0.1, 0.15) is 21.5 Å². The van der Waals surface area contributed by atoms with Crippen LogP contribution in [-0.2, 0) is 6.54 Å². The number of hydrogen-bond acceptors (Lipinski definition) is 3. The third-order valence-corrected chi connectivity index (χ3v) is 5.52. The molecule has 0 spiro atoms. The van der Waals surface area contributed by atoms with Gasteiger partial charge >= 0.3 is 0 Å². The summed E-state index contributed by atoms with van der Waals surface area (Å²) in [6.45, 7) is 5.79. The molecule has 2 aromatic rings. The fraction of sp³-hybridized carbons (Fsp3) is 0.350. The van der Waals surface area contributed by atoms with Gasteiger partial charge in [-0.05, 0) is 36.8 Å². The molecular weight excluding hydrogens is 371 g/mol. The summed E-state index contributed by atoms with van der Waals surface area (Å²) in [5.74, 6) is 0.810. The van der Waals surface area contributed by atoms with Gasteiger partial charge in [-0.3, -0.25) is 9.69 Å². The molecule has 1 aliphatic rings. The van der Waals surface area contributed by atoms with Crippen molar-refractivity contribution in [1.82, 2.24) is 9.80 Å². The average Bonchev–Trinajstić information content (AvgIpc) is 2.65. The van der Waals surface area contributed by atoms with E-state index in [1.165, 1.54) is 0 Å². The smallest absolute Gasteiger partial charge is 0.254 e. The second-order valence-corrected chi connectivity index (χ2v) is 7.26. The molecule has 0 bridgehead atoms. The number of amides is 1. The van der Waals surface area contributed by atoms with E-state index < -0.39 is 0 Å². The summed E-state index contributed by atoms with van der Waals surface area (Å²) in [6.07, 6.45) is 0. The molecule has 1 aliphatic heterocycles. The van der Waals surface area contributed by atoms with E-state index in [1.54, 1.807) is 7.11 Å². The fourth-order valence-electron chi connectivity index (χ4n) is 3.24. The highest BCUT2D eigenvalue weighted by Crippen LogP contribution is 2.24. The number of carbonyl (C=O) groups excluding carboxylic acids is 1. The Bertz CT molecular complexity index is 802. The minimum Gasteiger partial charge on any atom is -0.496 e. The molecule has 1 saturated heterocycles. The minimum absolute atomic E-state index is 0.0654. The number of benzene rings is 2. The predicted molar refractivity (Wildman–Crippen MR) is 105 cm³/mol. The maximum Gasteiger partial charge on any atom is 0.254 e. The molecule has 138 valence electrons. The molecule has 0 atom stereocenters. The van der Waals surface area contributed by atoms with E-state index in [1.807, 2.05) is 48.2 Å². The maximum absolute atomic E-state index is 12.9. The molecule has 0 radical (unpaired) electrons. The molecule has 1 fully saturated rings. The highest BCUT2D eigenvalue weighted by Gasteiger charge is 2.24. The standard InChI is InChI=1S/C20H22Cl2N2O2/c1-14-16(4-3-5-19(14)26-2)20(25)24-10-8-23(9-11-24)13-15-6-7-17(21)18(22)12-15/h3-7,12H,8-11,13H2,1-2H3. The first-order chi connectivity index (χ1) is 12.5. The number of piperazine rings is 1. The van der Waals surface area contributed by atoms with Crippen molar-refractivity contribution >= 4 is 29.1 Å². The number of hydrogen-bond donors (Lipinski definition) is 0. The zero-order chi connectivity index (χ0) is 18.7. The van der Waals surface area contributed by atoms with Crippen LogP contribution in [0.5, 0.6) is 5.75 Å². The summed E-state index contributed by atoms with van der Waals surface area (Å²) in [7, 11) is 1.62. The van der Waals surface area contributed by atoms with Crippen molar-refractivity contribution in [3.63, 3.8) is 0 Å². The summed E-state index contributed by atoms with van der Waals surface area (Å²) in [6, 6.07) is 11.3. The maximum atomic E-state index is 12.9. The van der Waals surface area contributed by atoms with Crippen molar-refractivity contribution < 1.29 is 9.53 Å². The Labute approximate surface area is 164 Å². The predicted octanol–water partition coefficient (Wildman–Crippen LogP) is 4.27. The molecule has 2 aromatic carbocycles. The molecule has 1 amide bonds. The van der Waals surface area contributed by atoms with E-state index in [2.05, 4.69) is 4.90 Å². The monoisotopic (exact) mass is 392 g/mol. The van der Waals surface area contributed by atoms with Gasteiger partial charge in [0, 0.05) is 43.9 Å². The van der Waals surface area contributed by atoms with Crippen molar-refractivity contribution in [3.8, 4) is 5.75 Å². The molecule has 26 heavy (non-hydrogen) atoms. The number of rotatable bonds is 4. The molecule has 1 heterocycles. The summed E-state index contributed by atoms with van der Waals surface area (Å²) >= 11 is 12.1. The quantitative estimate of drug-likeness (QED) is 0.778.